The van der Waals surface area contributed by atoms with E-state index < -0.39 is 36.4 Å². The number of alkyl carbamates (subject to hydrolysis) is 2. The highest BCUT2D eigenvalue weighted by molar-refractivity contribution is 7.24. The van der Waals surface area contributed by atoms with E-state index >= 15 is 0 Å². The predicted octanol–water partition coefficient (Wildman–Crippen LogP) is 4.14. The van der Waals surface area contributed by atoms with Gasteiger partial charge < -0.3 is 49.3 Å². The normalized spacial score (nSPS) is 19.2. The molecular weight excluding hydrogens is 753 g/mol. The Bertz CT molecular complexity index is 1960. The molecule has 4 aromatic heterocycles. The molecule has 4 N–H and O–H groups in total. The first-order valence-electron chi connectivity index (χ1n) is 17.9. The topological polar surface area (TPSA) is 219 Å². The third kappa shape index (κ3) is 8.66. The maximum Gasteiger partial charge on any atom is 0.407 e. The lowest BCUT2D eigenvalue weighted by molar-refractivity contribution is -0.140. The molecule has 20 heteroatoms. The largest absolute Gasteiger partial charge is 0.453 e. The van der Waals surface area contributed by atoms with Crippen molar-refractivity contribution in [2.45, 2.75) is 69.9 Å². The number of thiazole rings is 2. The van der Waals surface area contributed by atoms with E-state index in [-0.39, 0.29) is 30.4 Å². The number of ether oxygens (including phenoxy) is 4. The van der Waals surface area contributed by atoms with Crippen molar-refractivity contribution in [3.05, 3.63) is 36.4 Å². The van der Waals surface area contributed by atoms with Crippen molar-refractivity contribution in [3.63, 3.8) is 0 Å². The summed E-state index contributed by atoms with van der Waals surface area (Å²) in [6.45, 7) is 4.70. The first-order chi connectivity index (χ1) is 26.6. The number of imidazole rings is 2. The summed E-state index contributed by atoms with van der Waals surface area (Å²) in [6, 6.07) is -1.46. The fraction of sp³-hybridized carbons (Fsp3) is 0.543. The summed E-state index contributed by atoms with van der Waals surface area (Å²) < 4.78 is 20.3. The van der Waals surface area contributed by atoms with Crippen molar-refractivity contribution in [2.75, 3.05) is 48.1 Å². The molecule has 2 fully saturated rings. The van der Waals surface area contributed by atoms with Gasteiger partial charge in [-0.15, -0.1) is 22.7 Å². The SMILES string of the molecule is COC(=O)NC[C@H](C(=O)N1CCC[C@H]1c1ncc(-c2cnc(-c3ncc(-c4cnc([C@@H]5CCCN5C(=O)[C@@H](NC(=O)OC)[C@@H](C)OC)[nH]4)s3)s2)[nH]1)[C@@H](C)OC. The number of carbonyl (C=O) groups excluding carboxylic acids is 4. The van der Waals surface area contributed by atoms with E-state index in [1.807, 2.05) is 0 Å². The van der Waals surface area contributed by atoms with E-state index in [2.05, 4.69) is 40.5 Å². The van der Waals surface area contributed by atoms with Gasteiger partial charge in [-0.2, -0.15) is 0 Å². The zero-order valence-electron chi connectivity index (χ0n) is 31.5. The molecule has 0 aromatic carbocycles. The summed E-state index contributed by atoms with van der Waals surface area (Å²) >= 11 is 2.94. The molecule has 0 saturated carbocycles. The van der Waals surface area contributed by atoms with Crippen LogP contribution in [0.3, 0.4) is 0 Å². The molecule has 2 aliphatic rings. The van der Waals surface area contributed by atoms with Crippen molar-refractivity contribution in [3.8, 4) is 31.2 Å². The van der Waals surface area contributed by atoms with Crippen LogP contribution < -0.4 is 10.6 Å². The summed E-state index contributed by atoms with van der Waals surface area (Å²) in [5.74, 6) is 0.337. The molecule has 4 aromatic rings. The fourth-order valence-corrected chi connectivity index (χ4v) is 8.66. The van der Waals surface area contributed by atoms with Gasteiger partial charge in [0, 0.05) is 46.2 Å². The van der Waals surface area contributed by atoms with E-state index in [4.69, 9.17) is 18.9 Å². The number of aromatic amines is 2. The van der Waals surface area contributed by atoms with Gasteiger partial charge >= 0.3 is 12.2 Å². The van der Waals surface area contributed by atoms with Crippen LogP contribution >= 0.6 is 22.7 Å². The Hall–Kier alpha value is -4.92. The van der Waals surface area contributed by atoms with Gasteiger partial charge in [0.15, 0.2) is 10.0 Å². The van der Waals surface area contributed by atoms with Crippen molar-refractivity contribution < 1.29 is 38.1 Å². The summed E-state index contributed by atoms with van der Waals surface area (Å²) in [4.78, 5) is 81.8. The van der Waals surface area contributed by atoms with E-state index in [0.29, 0.717) is 31.2 Å². The molecule has 18 nitrogen and oxygen atoms in total. The van der Waals surface area contributed by atoms with Crippen molar-refractivity contribution in [2.24, 2.45) is 5.92 Å². The Morgan fingerprint density at radius 1 is 0.745 bits per heavy atom. The molecular formula is C35H46N10O8S2. The van der Waals surface area contributed by atoms with Crippen LogP contribution in [0.2, 0.25) is 0 Å². The number of hydrogen-bond acceptors (Lipinski definition) is 14. The average Bonchev–Trinajstić information content (AvgIpc) is 4.04. The highest BCUT2D eigenvalue weighted by Gasteiger charge is 2.40. The number of methoxy groups -OCH3 is 4. The molecule has 2 aliphatic heterocycles. The summed E-state index contributed by atoms with van der Waals surface area (Å²) in [6.07, 6.45) is 7.79. The van der Waals surface area contributed by atoms with Gasteiger partial charge in [0.25, 0.3) is 0 Å². The summed E-state index contributed by atoms with van der Waals surface area (Å²) in [7, 11) is 5.55. The molecule has 2 saturated heterocycles. The highest BCUT2D eigenvalue weighted by atomic mass is 32.1. The lowest BCUT2D eigenvalue weighted by atomic mass is 10.0. The van der Waals surface area contributed by atoms with Gasteiger partial charge in [-0.1, -0.05) is 0 Å². The second kappa shape index (κ2) is 17.7. The maximum atomic E-state index is 13.7. The summed E-state index contributed by atoms with van der Waals surface area (Å²) in [5.41, 5.74) is 1.54. The molecule has 296 valence electrons. The van der Waals surface area contributed by atoms with Gasteiger partial charge in [0.2, 0.25) is 11.8 Å². The third-order valence-electron chi connectivity index (χ3n) is 10.1. The average molecular weight is 799 g/mol. The molecule has 55 heavy (non-hydrogen) atoms. The maximum absolute atomic E-state index is 13.7. The second-order valence-electron chi connectivity index (χ2n) is 13.3. The predicted molar refractivity (Wildman–Crippen MR) is 202 cm³/mol. The van der Waals surface area contributed by atoms with Crippen molar-refractivity contribution in [1.82, 2.24) is 50.3 Å². The van der Waals surface area contributed by atoms with Crippen LogP contribution in [0.15, 0.2) is 24.8 Å². The van der Waals surface area contributed by atoms with Crippen molar-refractivity contribution in [1.29, 1.82) is 0 Å². The Labute approximate surface area is 325 Å². The Morgan fingerprint density at radius 3 is 1.75 bits per heavy atom. The number of likely N-dealkylation sites (tertiary alicyclic amines) is 2. The zero-order chi connectivity index (χ0) is 39.2. The fourth-order valence-electron chi connectivity index (χ4n) is 6.86. The zero-order valence-corrected chi connectivity index (χ0v) is 33.1. The van der Waals surface area contributed by atoms with E-state index in [1.165, 1.54) is 51.1 Å². The number of carbonyl (C=O) groups is 4. The Balaban J connectivity index is 1.13. The molecule has 0 bridgehead atoms. The number of H-pyrrole nitrogens is 2. The number of hydrogen-bond donors (Lipinski definition) is 4. The van der Waals surface area contributed by atoms with Crippen LogP contribution in [0.4, 0.5) is 9.59 Å². The quantitative estimate of drug-likeness (QED) is 0.142. The minimum absolute atomic E-state index is 0.0870. The van der Waals surface area contributed by atoms with Crippen LogP contribution in [0.5, 0.6) is 0 Å². The number of nitrogens with one attached hydrogen (secondary N) is 4. The number of nitrogens with zero attached hydrogens (tertiary/aromatic N) is 6. The number of amides is 4. The second-order valence-corrected chi connectivity index (χ2v) is 15.3. The minimum Gasteiger partial charge on any atom is -0.453 e. The molecule has 4 amide bonds. The molecule has 6 heterocycles. The highest BCUT2D eigenvalue weighted by Crippen LogP contribution is 2.39. The molecule has 0 radical (unpaired) electrons. The smallest absolute Gasteiger partial charge is 0.407 e. The molecule has 0 aliphatic carbocycles. The van der Waals surface area contributed by atoms with Gasteiger partial charge in [-0.25, -0.2) is 29.5 Å². The van der Waals surface area contributed by atoms with Crippen LogP contribution in [0.25, 0.3) is 31.2 Å². The number of rotatable bonds is 14. The first kappa shape index (κ1) is 39.8. The van der Waals surface area contributed by atoms with E-state index in [1.54, 1.807) is 48.4 Å². The van der Waals surface area contributed by atoms with Gasteiger partial charge in [-0.05, 0) is 39.5 Å². The molecule has 6 atom stereocenters. The van der Waals surface area contributed by atoms with Crippen LogP contribution in [-0.2, 0) is 28.5 Å². The van der Waals surface area contributed by atoms with Gasteiger partial charge in [0.05, 0.1) is 78.0 Å². The van der Waals surface area contributed by atoms with Gasteiger partial charge in [0.1, 0.15) is 17.7 Å². The molecule has 0 spiro atoms. The Morgan fingerprint density at radius 2 is 1.25 bits per heavy atom. The standard InChI is InChI=1S/C35H46N10O8S2/c1-18(50-3)20(13-40-34(48)52-5)32(46)44-11-7-9-23(44)28-36-14-21(41-28)25-16-38-30(54-25)31-39-17-26(55-31)22-15-37-29(42-22)24-10-8-12-45(24)33(47)27(19(2)51-4)43-35(49)53-6/h14-20,23-24,27H,7-13H2,1-6H3,(H,36,41)(H,37,42)(H,40,48)(H,43,49)/t18-,19-,20+,23+,24+,27+/m1/s1. The van der Waals surface area contributed by atoms with E-state index in [9.17, 15) is 19.2 Å². The van der Waals surface area contributed by atoms with Crippen LogP contribution in [-0.4, -0.2) is 130 Å². The third-order valence-corrected chi connectivity index (χ3v) is 12.3. The number of aromatic nitrogens is 6. The van der Waals surface area contributed by atoms with Gasteiger partial charge in [-0.3, -0.25) is 9.59 Å². The minimum atomic E-state index is -0.916. The van der Waals surface area contributed by atoms with E-state index in [0.717, 1.165) is 50.4 Å². The first-order valence-corrected chi connectivity index (χ1v) is 19.5. The van der Waals surface area contributed by atoms with Crippen LogP contribution in [0, 0.1) is 5.92 Å². The monoisotopic (exact) mass is 798 g/mol. The van der Waals surface area contributed by atoms with Crippen molar-refractivity contribution >= 4 is 46.7 Å². The Kier molecular flexibility index (Phi) is 12.8. The molecule has 0 unspecified atom stereocenters. The summed E-state index contributed by atoms with van der Waals surface area (Å²) in [5, 5.41) is 6.71. The molecule has 6 rings (SSSR count). The lowest BCUT2D eigenvalue weighted by Gasteiger charge is -2.30. The van der Waals surface area contributed by atoms with Crippen LogP contribution in [0.1, 0.15) is 63.3 Å². The lowest BCUT2D eigenvalue weighted by Crippen LogP contribution is -2.54.